The van der Waals surface area contributed by atoms with Crippen molar-refractivity contribution in [2.75, 3.05) is 13.6 Å². The minimum atomic E-state index is -3.18. The van der Waals surface area contributed by atoms with Gasteiger partial charge in [-0.25, -0.2) is 5.01 Å². The van der Waals surface area contributed by atoms with E-state index in [1.165, 1.54) is 19.2 Å². The summed E-state index contributed by atoms with van der Waals surface area (Å²) in [7, 11) is 1.37. The van der Waals surface area contributed by atoms with E-state index in [4.69, 9.17) is 15.8 Å². The SMILES string of the molecule is CN(N)[C@@H]1NCCC(Oc2ccc(Br)cc2C#N)C1(F)F. The topological polar surface area (TPSA) is 74.3 Å². The van der Waals surface area contributed by atoms with Crippen molar-refractivity contribution in [1.82, 2.24) is 10.3 Å². The zero-order chi connectivity index (χ0) is 15.6. The Bertz CT molecular complexity index is 562. The molecule has 1 aromatic carbocycles. The maximum Gasteiger partial charge on any atom is 0.313 e. The fraction of sp³-hybridized carbons (Fsp3) is 0.462. The van der Waals surface area contributed by atoms with Gasteiger partial charge in [-0.15, -0.1) is 0 Å². The predicted octanol–water partition coefficient (Wildman–Crippen LogP) is 1.83. The lowest BCUT2D eigenvalue weighted by atomic mass is 10.0. The molecular weight excluding hydrogens is 346 g/mol. The fourth-order valence-corrected chi connectivity index (χ4v) is 2.62. The van der Waals surface area contributed by atoms with Crippen LogP contribution in [0.15, 0.2) is 22.7 Å². The van der Waals surface area contributed by atoms with Crippen molar-refractivity contribution in [2.45, 2.75) is 24.6 Å². The van der Waals surface area contributed by atoms with Gasteiger partial charge in [-0.1, -0.05) is 15.9 Å². The third-order valence-corrected chi connectivity index (χ3v) is 3.77. The van der Waals surface area contributed by atoms with Crippen LogP contribution in [0.2, 0.25) is 0 Å². The molecule has 0 amide bonds. The third-order valence-electron chi connectivity index (χ3n) is 3.28. The molecular formula is C13H15BrF2N4O. The average Bonchev–Trinajstić information content (AvgIpc) is 2.41. The summed E-state index contributed by atoms with van der Waals surface area (Å²) in [5.74, 6) is 2.42. The van der Waals surface area contributed by atoms with Crippen LogP contribution < -0.4 is 15.9 Å². The summed E-state index contributed by atoms with van der Waals surface area (Å²) in [6.07, 6.45) is -2.53. The average molecular weight is 361 g/mol. The Morgan fingerprint density at radius 3 is 2.90 bits per heavy atom. The molecule has 0 spiro atoms. The number of alkyl halides is 2. The van der Waals surface area contributed by atoms with E-state index in [9.17, 15) is 8.78 Å². The highest BCUT2D eigenvalue weighted by molar-refractivity contribution is 9.10. The summed E-state index contributed by atoms with van der Waals surface area (Å²) in [6.45, 7) is 0.352. The molecule has 1 saturated heterocycles. The Hall–Kier alpha value is -1.27. The molecule has 1 aliphatic heterocycles. The van der Waals surface area contributed by atoms with E-state index in [1.807, 2.05) is 6.07 Å². The van der Waals surface area contributed by atoms with Crippen LogP contribution >= 0.6 is 15.9 Å². The van der Waals surface area contributed by atoms with E-state index in [1.54, 1.807) is 6.07 Å². The highest BCUT2D eigenvalue weighted by Crippen LogP contribution is 2.34. The summed E-state index contributed by atoms with van der Waals surface area (Å²) in [5.41, 5.74) is 0.205. The Balaban J connectivity index is 2.25. The largest absolute Gasteiger partial charge is 0.483 e. The number of hydrogen-bond acceptors (Lipinski definition) is 5. The van der Waals surface area contributed by atoms with Gasteiger partial charge in [0.2, 0.25) is 0 Å². The summed E-state index contributed by atoms with van der Waals surface area (Å²) in [4.78, 5) is 0. The van der Waals surface area contributed by atoms with Crippen LogP contribution in [0, 0.1) is 11.3 Å². The van der Waals surface area contributed by atoms with E-state index < -0.39 is 18.2 Å². The first kappa shape index (κ1) is 16.1. The van der Waals surface area contributed by atoms with Crippen molar-refractivity contribution in [2.24, 2.45) is 5.84 Å². The number of nitrogens with two attached hydrogens (primary N) is 1. The first-order chi connectivity index (χ1) is 9.86. The van der Waals surface area contributed by atoms with Crippen LogP contribution in [0.5, 0.6) is 5.75 Å². The van der Waals surface area contributed by atoms with Gasteiger partial charge in [0.25, 0.3) is 0 Å². The van der Waals surface area contributed by atoms with E-state index in [-0.39, 0.29) is 17.7 Å². The number of hydrazine groups is 1. The summed E-state index contributed by atoms with van der Waals surface area (Å²) in [6, 6.07) is 6.61. The molecule has 0 aromatic heterocycles. The number of rotatable bonds is 3. The van der Waals surface area contributed by atoms with Crippen molar-refractivity contribution in [3.63, 3.8) is 0 Å². The van der Waals surface area contributed by atoms with Crippen LogP contribution in [-0.2, 0) is 0 Å². The lowest BCUT2D eigenvalue weighted by molar-refractivity contribution is -0.171. The number of nitriles is 1. The standard InChI is InChI=1S/C13H15BrF2N4O/c1-20(18)12-13(15,16)11(4-5-19-12)21-10-3-2-9(14)6-8(10)7-17/h2-3,6,11-12,19H,4-5,18H2,1H3/t11?,12-/m0/s1. The molecule has 1 unspecified atom stereocenters. The van der Waals surface area contributed by atoms with Gasteiger partial charge in [0.15, 0.2) is 6.10 Å². The number of nitrogens with zero attached hydrogens (tertiary/aromatic N) is 2. The second-order valence-corrected chi connectivity index (χ2v) is 5.76. The van der Waals surface area contributed by atoms with Crippen LogP contribution in [0.3, 0.4) is 0 Å². The molecule has 8 heteroatoms. The number of benzene rings is 1. The Labute approximate surface area is 129 Å². The zero-order valence-electron chi connectivity index (χ0n) is 11.3. The van der Waals surface area contributed by atoms with Crippen LogP contribution in [-0.4, -0.2) is 36.8 Å². The Kier molecular flexibility index (Phi) is 4.78. The molecule has 0 aliphatic carbocycles. The number of hydrogen-bond donors (Lipinski definition) is 2. The second-order valence-electron chi connectivity index (χ2n) is 4.84. The predicted molar refractivity (Wildman–Crippen MR) is 76.6 cm³/mol. The smallest absolute Gasteiger partial charge is 0.313 e. The molecule has 1 aliphatic rings. The number of ether oxygens (including phenoxy) is 1. The van der Waals surface area contributed by atoms with Gasteiger partial charge < -0.3 is 4.74 Å². The van der Waals surface area contributed by atoms with Crippen LogP contribution in [0.25, 0.3) is 0 Å². The van der Waals surface area contributed by atoms with E-state index in [0.717, 1.165) is 5.01 Å². The molecule has 114 valence electrons. The number of nitrogens with one attached hydrogen (secondary N) is 1. The van der Waals surface area contributed by atoms with Crippen LogP contribution in [0.4, 0.5) is 8.78 Å². The molecule has 1 heterocycles. The van der Waals surface area contributed by atoms with Gasteiger partial charge in [0, 0.05) is 24.5 Å². The minimum Gasteiger partial charge on any atom is -0.483 e. The molecule has 0 bridgehead atoms. The van der Waals surface area contributed by atoms with E-state index in [0.29, 0.717) is 11.0 Å². The first-order valence-corrected chi connectivity index (χ1v) is 7.10. The molecule has 2 atom stereocenters. The number of piperidine rings is 1. The monoisotopic (exact) mass is 360 g/mol. The molecule has 1 aromatic rings. The second kappa shape index (κ2) is 6.23. The Morgan fingerprint density at radius 2 is 2.29 bits per heavy atom. The minimum absolute atomic E-state index is 0.123. The molecule has 21 heavy (non-hydrogen) atoms. The Morgan fingerprint density at radius 1 is 1.57 bits per heavy atom. The van der Waals surface area contributed by atoms with Crippen molar-refractivity contribution in [3.8, 4) is 11.8 Å². The van der Waals surface area contributed by atoms with Crippen molar-refractivity contribution in [1.29, 1.82) is 5.26 Å². The summed E-state index contributed by atoms with van der Waals surface area (Å²) >= 11 is 3.23. The van der Waals surface area contributed by atoms with Gasteiger partial charge in [-0.3, -0.25) is 11.2 Å². The lowest BCUT2D eigenvalue weighted by Gasteiger charge is -2.41. The van der Waals surface area contributed by atoms with Crippen molar-refractivity contribution < 1.29 is 13.5 Å². The van der Waals surface area contributed by atoms with Crippen LogP contribution in [0.1, 0.15) is 12.0 Å². The highest BCUT2D eigenvalue weighted by Gasteiger charge is 2.52. The summed E-state index contributed by atoms with van der Waals surface area (Å²) in [5, 5.41) is 12.7. The molecule has 3 N–H and O–H groups in total. The normalized spacial score (nSPS) is 24.6. The van der Waals surface area contributed by atoms with E-state index >= 15 is 0 Å². The van der Waals surface area contributed by atoms with Gasteiger partial charge in [0.1, 0.15) is 18.0 Å². The molecule has 1 fully saturated rings. The fourth-order valence-electron chi connectivity index (χ4n) is 2.25. The number of halogens is 3. The van der Waals surface area contributed by atoms with Gasteiger partial charge >= 0.3 is 5.92 Å². The maximum atomic E-state index is 14.4. The maximum absolute atomic E-state index is 14.4. The molecule has 5 nitrogen and oxygen atoms in total. The zero-order valence-corrected chi connectivity index (χ0v) is 12.9. The molecule has 2 rings (SSSR count). The van der Waals surface area contributed by atoms with Crippen molar-refractivity contribution >= 4 is 15.9 Å². The lowest BCUT2D eigenvalue weighted by Crippen LogP contribution is -2.66. The first-order valence-electron chi connectivity index (χ1n) is 6.31. The molecule has 0 radical (unpaired) electrons. The third kappa shape index (κ3) is 3.32. The van der Waals surface area contributed by atoms with Gasteiger partial charge in [-0.05, 0) is 18.2 Å². The quantitative estimate of drug-likeness (QED) is 0.635. The highest BCUT2D eigenvalue weighted by atomic mass is 79.9. The van der Waals surface area contributed by atoms with Crippen molar-refractivity contribution in [3.05, 3.63) is 28.2 Å². The van der Waals surface area contributed by atoms with Gasteiger partial charge in [-0.2, -0.15) is 14.0 Å². The van der Waals surface area contributed by atoms with Gasteiger partial charge in [0.05, 0.1) is 5.56 Å². The molecule has 0 saturated carbocycles. The summed E-state index contributed by atoms with van der Waals surface area (Å²) < 4.78 is 34.9. The van der Waals surface area contributed by atoms with E-state index in [2.05, 4.69) is 21.2 Å².